The van der Waals surface area contributed by atoms with Crippen molar-refractivity contribution >= 4 is 5.69 Å². The summed E-state index contributed by atoms with van der Waals surface area (Å²) in [4.78, 5) is 2.39. The summed E-state index contributed by atoms with van der Waals surface area (Å²) in [6.07, 6.45) is 1.17. The van der Waals surface area contributed by atoms with E-state index < -0.39 is 0 Å². The molecule has 13 heavy (non-hydrogen) atoms. The quantitative estimate of drug-likeness (QED) is 0.590. The normalized spacial score (nSPS) is 18.8. The summed E-state index contributed by atoms with van der Waals surface area (Å²) in [6, 6.07) is 8.22. The van der Waals surface area contributed by atoms with Crippen molar-refractivity contribution in [1.29, 1.82) is 5.26 Å². The molecule has 3 aliphatic rings. The Kier molecular flexibility index (Phi) is 1.21. The van der Waals surface area contributed by atoms with Crippen molar-refractivity contribution in [1.82, 2.24) is 0 Å². The van der Waals surface area contributed by atoms with Crippen LogP contribution in [0, 0.1) is 17.2 Å². The van der Waals surface area contributed by atoms with E-state index in [1.54, 1.807) is 0 Å². The molecule has 1 aromatic rings. The molecule has 0 aliphatic carbocycles. The van der Waals surface area contributed by atoms with Gasteiger partial charge in [0.05, 0.1) is 11.6 Å². The van der Waals surface area contributed by atoms with Gasteiger partial charge in [-0.1, -0.05) is 0 Å². The standard InChI is InChI=1S/C11H10N2/c12-5-8-1-2-11-10(3-8)4-9-6-13(11)7-9/h1-3,9H,4,6-7H2. The minimum absolute atomic E-state index is 0.793. The van der Waals surface area contributed by atoms with Crippen molar-refractivity contribution in [3.05, 3.63) is 29.3 Å². The van der Waals surface area contributed by atoms with Crippen molar-refractivity contribution in [2.75, 3.05) is 18.0 Å². The molecule has 1 aromatic carbocycles. The fraction of sp³-hybridized carbons (Fsp3) is 0.364. The number of hydrogen-bond acceptors (Lipinski definition) is 2. The van der Waals surface area contributed by atoms with Crippen molar-refractivity contribution in [3.8, 4) is 6.07 Å². The van der Waals surface area contributed by atoms with Crippen molar-refractivity contribution in [3.63, 3.8) is 0 Å². The first-order chi connectivity index (χ1) is 6.36. The predicted octanol–water partition coefficient (Wildman–Crippen LogP) is 1.55. The third-order valence-corrected chi connectivity index (χ3v) is 3.02. The highest BCUT2D eigenvalue weighted by Crippen LogP contribution is 2.37. The lowest BCUT2D eigenvalue weighted by Gasteiger charge is -2.47. The molecule has 0 radical (unpaired) electrons. The summed E-state index contributed by atoms with van der Waals surface area (Å²) in [6.45, 7) is 2.44. The number of nitrogens with zero attached hydrogens (tertiary/aromatic N) is 2. The average Bonchev–Trinajstić information content (AvgIpc) is 2.14. The lowest BCUT2D eigenvalue weighted by Crippen LogP contribution is -2.51. The molecule has 0 spiro atoms. The van der Waals surface area contributed by atoms with Crippen molar-refractivity contribution in [2.45, 2.75) is 6.42 Å². The van der Waals surface area contributed by atoms with Crippen molar-refractivity contribution in [2.24, 2.45) is 5.92 Å². The molecule has 3 heterocycles. The van der Waals surface area contributed by atoms with Crippen LogP contribution in [-0.4, -0.2) is 13.1 Å². The van der Waals surface area contributed by atoms with E-state index in [4.69, 9.17) is 5.26 Å². The number of anilines is 1. The summed E-state index contributed by atoms with van der Waals surface area (Å²) in [5.41, 5.74) is 3.50. The van der Waals surface area contributed by atoms with Gasteiger partial charge in [-0.3, -0.25) is 0 Å². The van der Waals surface area contributed by atoms with Gasteiger partial charge >= 0.3 is 0 Å². The maximum Gasteiger partial charge on any atom is 0.0991 e. The molecule has 64 valence electrons. The largest absolute Gasteiger partial charge is 0.371 e. The molecule has 0 N–H and O–H groups in total. The molecule has 2 heteroatoms. The first kappa shape index (κ1) is 6.97. The molecule has 1 saturated heterocycles. The van der Waals surface area contributed by atoms with Gasteiger partial charge in [0.25, 0.3) is 0 Å². The second-order valence-electron chi connectivity index (χ2n) is 3.93. The third-order valence-electron chi connectivity index (χ3n) is 3.02. The zero-order valence-corrected chi connectivity index (χ0v) is 7.33. The first-order valence-electron chi connectivity index (χ1n) is 4.65. The second kappa shape index (κ2) is 2.26. The highest BCUT2D eigenvalue weighted by atomic mass is 15.2. The molecular formula is C11H10N2. The molecule has 1 fully saturated rings. The Morgan fingerprint density at radius 1 is 1.38 bits per heavy atom. The highest BCUT2D eigenvalue weighted by Gasteiger charge is 2.33. The van der Waals surface area contributed by atoms with Crippen LogP contribution in [0.15, 0.2) is 18.2 Å². The third kappa shape index (κ3) is 0.874. The van der Waals surface area contributed by atoms with Crippen LogP contribution in [0.4, 0.5) is 5.69 Å². The van der Waals surface area contributed by atoms with Gasteiger partial charge in [-0.2, -0.15) is 5.26 Å². The van der Waals surface area contributed by atoms with E-state index in [1.807, 2.05) is 12.1 Å². The minimum atomic E-state index is 0.793. The fourth-order valence-electron chi connectivity index (χ4n) is 2.33. The second-order valence-corrected chi connectivity index (χ2v) is 3.93. The smallest absolute Gasteiger partial charge is 0.0991 e. The molecule has 2 bridgehead atoms. The molecular weight excluding hydrogens is 160 g/mol. The van der Waals surface area contributed by atoms with Crippen LogP contribution >= 0.6 is 0 Å². The van der Waals surface area contributed by atoms with E-state index in [2.05, 4.69) is 17.0 Å². The van der Waals surface area contributed by atoms with Crippen molar-refractivity contribution < 1.29 is 0 Å². The fourth-order valence-corrected chi connectivity index (χ4v) is 2.33. The van der Waals surface area contributed by atoms with Crippen LogP contribution in [0.1, 0.15) is 11.1 Å². The lowest BCUT2D eigenvalue weighted by atomic mass is 9.84. The van der Waals surface area contributed by atoms with E-state index in [1.165, 1.54) is 30.8 Å². The zero-order chi connectivity index (χ0) is 8.84. The topological polar surface area (TPSA) is 27.0 Å². The van der Waals surface area contributed by atoms with Gasteiger partial charge in [0.15, 0.2) is 0 Å². The Morgan fingerprint density at radius 3 is 3.00 bits per heavy atom. The van der Waals surface area contributed by atoms with Crippen LogP contribution in [0.2, 0.25) is 0 Å². The summed E-state index contributed by atoms with van der Waals surface area (Å²) >= 11 is 0. The van der Waals surface area contributed by atoms with Crippen LogP contribution in [-0.2, 0) is 6.42 Å². The van der Waals surface area contributed by atoms with Crippen LogP contribution < -0.4 is 4.90 Å². The number of hydrogen-bond donors (Lipinski definition) is 0. The molecule has 0 amide bonds. The van der Waals surface area contributed by atoms with Gasteiger partial charge in [0.2, 0.25) is 0 Å². The predicted molar refractivity (Wildman–Crippen MR) is 50.6 cm³/mol. The van der Waals surface area contributed by atoms with Crippen LogP contribution in [0.3, 0.4) is 0 Å². The minimum Gasteiger partial charge on any atom is -0.371 e. The number of nitriles is 1. The number of benzene rings is 1. The van der Waals surface area contributed by atoms with E-state index in [-0.39, 0.29) is 0 Å². The Labute approximate surface area is 77.4 Å². The first-order valence-corrected chi connectivity index (χ1v) is 4.65. The monoisotopic (exact) mass is 170 g/mol. The van der Waals surface area contributed by atoms with E-state index in [9.17, 15) is 0 Å². The molecule has 0 unspecified atom stereocenters. The summed E-state index contributed by atoms with van der Waals surface area (Å²) in [5.74, 6) is 0.849. The van der Waals surface area contributed by atoms with Gasteiger partial charge in [-0.05, 0) is 36.1 Å². The van der Waals surface area contributed by atoms with Gasteiger partial charge in [0.1, 0.15) is 0 Å². The van der Waals surface area contributed by atoms with Gasteiger partial charge in [-0.25, -0.2) is 0 Å². The van der Waals surface area contributed by atoms with E-state index in [0.29, 0.717) is 0 Å². The maximum atomic E-state index is 8.75. The van der Waals surface area contributed by atoms with E-state index in [0.717, 1.165) is 11.5 Å². The van der Waals surface area contributed by atoms with Crippen LogP contribution in [0.5, 0.6) is 0 Å². The maximum absolute atomic E-state index is 8.75. The summed E-state index contributed by atoms with van der Waals surface area (Å²) in [5, 5.41) is 8.75. The average molecular weight is 170 g/mol. The van der Waals surface area contributed by atoms with Gasteiger partial charge < -0.3 is 4.90 Å². The Morgan fingerprint density at radius 2 is 2.23 bits per heavy atom. The summed E-state index contributed by atoms with van der Waals surface area (Å²) in [7, 11) is 0. The highest BCUT2D eigenvalue weighted by molar-refractivity contribution is 5.61. The molecule has 0 aromatic heterocycles. The zero-order valence-electron chi connectivity index (χ0n) is 7.33. The molecule has 0 saturated carbocycles. The Hall–Kier alpha value is -1.49. The summed E-state index contributed by atoms with van der Waals surface area (Å²) < 4.78 is 0. The van der Waals surface area contributed by atoms with Gasteiger partial charge in [-0.15, -0.1) is 0 Å². The molecule has 2 nitrogen and oxygen atoms in total. The Balaban J connectivity index is 2.12. The molecule has 0 atom stereocenters. The Bertz CT molecular complexity index is 397. The SMILES string of the molecule is N#Cc1ccc2c(c1)CC1CN2C1. The van der Waals surface area contributed by atoms with Gasteiger partial charge in [0, 0.05) is 18.8 Å². The van der Waals surface area contributed by atoms with E-state index >= 15 is 0 Å². The van der Waals surface area contributed by atoms with Crippen LogP contribution in [0.25, 0.3) is 0 Å². The number of rotatable bonds is 0. The molecule has 3 aliphatic heterocycles. The lowest BCUT2D eigenvalue weighted by molar-refractivity contribution is 0.384. The molecule has 4 rings (SSSR count).